The lowest BCUT2D eigenvalue weighted by atomic mass is 9.90. The fourth-order valence-corrected chi connectivity index (χ4v) is 5.42. The summed E-state index contributed by atoms with van der Waals surface area (Å²) in [5.41, 5.74) is 2.75. The summed E-state index contributed by atoms with van der Waals surface area (Å²) in [6, 6.07) is 17.5. The third-order valence-electron chi connectivity index (χ3n) is 3.78. The molecule has 1 fully saturated rings. The first-order valence-electron chi connectivity index (χ1n) is 7.98. The van der Waals surface area contributed by atoms with E-state index in [1.165, 1.54) is 0 Å². The molecular weight excluding hydrogens is 368 g/mol. The van der Waals surface area contributed by atoms with Crippen LogP contribution in [0.3, 0.4) is 0 Å². The van der Waals surface area contributed by atoms with Crippen LogP contribution in [0.5, 0.6) is 0 Å². The van der Waals surface area contributed by atoms with Gasteiger partial charge in [0.1, 0.15) is 0 Å². The topological polar surface area (TPSA) is 17.1 Å². The molecule has 1 saturated heterocycles. The molecule has 1 nitrogen and oxygen atoms in total. The van der Waals surface area contributed by atoms with Crippen LogP contribution in [0, 0.1) is 11.8 Å². The zero-order valence-electron chi connectivity index (χ0n) is 13.8. The van der Waals surface area contributed by atoms with Crippen LogP contribution in [0.25, 0.3) is 0 Å². The number of allylic oxidation sites excluding steroid dienone is 1. The summed E-state index contributed by atoms with van der Waals surface area (Å²) in [7, 11) is 0. The summed E-state index contributed by atoms with van der Waals surface area (Å²) < 4.78 is 1.11. The van der Waals surface area contributed by atoms with Gasteiger partial charge in [-0.15, -0.1) is 23.5 Å². The second kappa shape index (κ2) is 8.67. The number of rotatable bonds is 3. The maximum Gasteiger partial charge on any atom is 0.159 e. The summed E-state index contributed by atoms with van der Waals surface area (Å²) in [6.07, 6.45) is 0. The van der Waals surface area contributed by atoms with E-state index in [1.54, 1.807) is 30.4 Å². The molecular formula is C21H17ClOS2. The highest BCUT2D eigenvalue weighted by Gasteiger charge is 2.25. The molecule has 0 amide bonds. The van der Waals surface area contributed by atoms with E-state index >= 15 is 0 Å². The van der Waals surface area contributed by atoms with Gasteiger partial charge in [-0.2, -0.15) is 0 Å². The van der Waals surface area contributed by atoms with E-state index in [0.717, 1.165) is 32.4 Å². The Balaban J connectivity index is 2.08. The number of carbonyl (C=O) groups is 1. The Labute approximate surface area is 162 Å². The van der Waals surface area contributed by atoms with Crippen molar-refractivity contribution in [2.75, 3.05) is 11.5 Å². The van der Waals surface area contributed by atoms with E-state index in [2.05, 4.69) is 11.8 Å². The number of carbonyl (C=O) groups excluding carboxylic acids is 1. The van der Waals surface area contributed by atoms with E-state index in [0.29, 0.717) is 5.02 Å². The van der Waals surface area contributed by atoms with Crippen molar-refractivity contribution in [2.45, 2.75) is 12.8 Å². The van der Waals surface area contributed by atoms with Crippen molar-refractivity contribution in [3.05, 3.63) is 80.6 Å². The van der Waals surface area contributed by atoms with Gasteiger partial charge >= 0.3 is 0 Å². The summed E-state index contributed by atoms with van der Waals surface area (Å²) >= 11 is 9.54. The van der Waals surface area contributed by atoms with Crippen molar-refractivity contribution in [3.63, 3.8) is 0 Å². The molecule has 1 aliphatic rings. The van der Waals surface area contributed by atoms with Gasteiger partial charge in [0.05, 0.1) is 5.92 Å². The molecule has 1 aliphatic heterocycles. The molecule has 2 aromatic rings. The molecule has 1 heterocycles. The third kappa shape index (κ3) is 4.73. The average Bonchev–Trinajstić information content (AvgIpc) is 3.14. The molecule has 0 radical (unpaired) electrons. The average molecular weight is 385 g/mol. The third-order valence-corrected chi connectivity index (χ3v) is 6.77. The van der Waals surface area contributed by atoms with E-state index in [-0.39, 0.29) is 11.7 Å². The van der Waals surface area contributed by atoms with E-state index in [1.807, 2.05) is 54.6 Å². The van der Waals surface area contributed by atoms with Gasteiger partial charge in [-0.25, -0.2) is 0 Å². The lowest BCUT2D eigenvalue weighted by Gasteiger charge is -2.16. The minimum Gasteiger partial charge on any atom is -0.295 e. The molecule has 0 aromatic heterocycles. The SMILES string of the molecule is CC(=O)C(=C1SCCS1)C(C#Cc1ccccc1)c1ccc(Cl)cc1. The summed E-state index contributed by atoms with van der Waals surface area (Å²) in [5.74, 6) is 8.47. The first kappa shape index (κ1) is 18.2. The molecule has 4 heteroatoms. The second-order valence-electron chi connectivity index (χ2n) is 5.57. The quantitative estimate of drug-likeness (QED) is 0.495. The first-order valence-corrected chi connectivity index (χ1v) is 10.3. The summed E-state index contributed by atoms with van der Waals surface area (Å²) in [4.78, 5) is 12.4. The van der Waals surface area contributed by atoms with Crippen molar-refractivity contribution < 1.29 is 4.79 Å². The molecule has 126 valence electrons. The van der Waals surface area contributed by atoms with Crippen LogP contribution in [0.4, 0.5) is 0 Å². The molecule has 3 rings (SSSR count). The minimum atomic E-state index is -0.247. The molecule has 25 heavy (non-hydrogen) atoms. The monoisotopic (exact) mass is 384 g/mol. The van der Waals surface area contributed by atoms with Gasteiger partial charge in [0.25, 0.3) is 0 Å². The summed E-state index contributed by atoms with van der Waals surface area (Å²) in [6.45, 7) is 1.63. The van der Waals surface area contributed by atoms with Crippen molar-refractivity contribution in [1.82, 2.24) is 0 Å². The number of hydrogen-bond donors (Lipinski definition) is 0. The number of ketones is 1. The largest absolute Gasteiger partial charge is 0.295 e. The number of thioether (sulfide) groups is 2. The standard InChI is InChI=1S/C21H17ClOS2/c1-15(23)20(21-24-13-14-25-21)19(17-8-10-18(22)11-9-17)12-7-16-5-3-2-4-6-16/h2-6,8-11,19H,13-14H2,1H3. The Hall–Kier alpha value is -1.60. The van der Waals surface area contributed by atoms with Crippen LogP contribution < -0.4 is 0 Å². The first-order chi connectivity index (χ1) is 12.1. The Morgan fingerprint density at radius 2 is 1.68 bits per heavy atom. The normalized spacial score (nSPS) is 14.6. The molecule has 0 bridgehead atoms. The Morgan fingerprint density at radius 1 is 1.04 bits per heavy atom. The Morgan fingerprint density at radius 3 is 2.28 bits per heavy atom. The lowest BCUT2D eigenvalue weighted by Crippen LogP contribution is -2.09. The molecule has 0 N–H and O–H groups in total. The van der Waals surface area contributed by atoms with Gasteiger partial charge in [0, 0.05) is 31.9 Å². The van der Waals surface area contributed by atoms with Crippen LogP contribution in [0.1, 0.15) is 24.0 Å². The van der Waals surface area contributed by atoms with Crippen molar-refractivity contribution in [1.29, 1.82) is 0 Å². The fraction of sp³-hybridized carbons (Fsp3) is 0.190. The minimum absolute atomic E-state index is 0.0826. The highest BCUT2D eigenvalue weighted by Crippen LogP contribution is 2.43. The highest BCUT2D eigenvalue weighted by molar-refractivity contribution is 8.25. The predicted molar refractivity (Wildman–Crippen MR) is 110 cm³/mol. The zero-order chi connectivity index (χ0) is 17.6. The van der Waals surface area contributed by atoms with Crippen LogP contribution in [0.2, 0.25) is 5.02 Å². The Kier molecular flexibility index (Phi) is 6.31. The van der Waals surface area contributed by atoms with E-state index < -0.39 is 0 Å². The van der Waals surface area contributed by atoms with Gasteiger partial charge in [-0.1, -0.05) is 53.8 Å². The fourth-order valence-electron chi connectivity index (χ4n) is 2.59. The number of Topliss-reactive ketones (excluding diaryl/α,β-unsaturated/α-hetero) is 1. The van der Waals surface area contributed by atoms with Crippen molar-refractivity contribution in [2.24, 2.45) is 0 Å². The van der Waals surface area contributed by atoms with E-state index in [4.69, 9.17) is 11.6 Å². The van der Waals surface area contributed by atoms with Gasteiger partial charge < -0.3 is 0 Å². The highest BCUT2D eigenvalue weighted by atomic mass is 35.5. The van der Waals surface area contributed by atoms with Crippen LogP contribution >= 0.6 is 35.1 Å². The predicted octanol–water partition coefficient (Wildman–Crippen LogP) is 5.76. The molecule has 0 saturated carbocycles. The molecule has 1 unspecified atom stereocenters. The van der Waals surface area contributed by atoms with Crippen LogP contribution in [-0.2, 0) is 4.79 Å². The van der Waals surface area contributed by atoms with E-state index in [9.17, 15) is 4.79 Å². The van der Waals surface area contributed by atoms with Crippen LogP contribution in [-0.4, -0.2) is 17.3 Å². The smallest absolute Gasteiger partial charge is 0.159 e. The van der Waals surface area contributed by atoms with Gasteiger partial charge in [0.2, 0.25) is 0 Å². The molecule has 0 spiro atoms. The maximum absolute atomic E-state index is 12.4. The Bertz CT molecular complexity index is 837. The summed E-state index contributed by atoms with van der Waals surface area (Å²) in [5, 5.41) is 0.681. The number of halogens is 1. The van der Waals surface area contributed by atoms with Gasteiger partial charge in [-0.3, -0.25) is 4.79 Å². The number of benzene rings is 2. The number of hydrogen-bond acceptors (Lipinski definition) is 3. The van der Waals surface area contributed by atoms with Crippen molar-refractivity contribution in [3.8, 4) is 11.8 Å². The van der Waals surface area contributed by atoms with Gasteiger partial charge in [-0.05, 0) is 36.8 Å². The van der Waals surface area contributed by atoms with Crippen molar-refractivity contribution >= 4 is 40.9 Å². The molecule has 0 aliphatic carbocycles. The van der Waals surface area contributed by atoms with Gasteiger partial charge in [0.15, 0.2) is 5.78 Å². The second-order valence-corrected chi connectivity index (χ2v) is 8.48. The van der Waals surface area contributed by atoms with Crippen LogP contribution in [0.15, 0.2) is 64.4 Å². The molecule has 2 aromatic carbocycles. The lowest BCUT2D eigenvalue weighted by molar-refractivity contribution is -0.113. The maximum atomic E-state index is 12.4. The molecule has 1 atom stereocenters. The zero-order valence-corrected chi connectivity index (χ0v) is 16.2.